The van der Waals surface area contributed by atoms with Gasteiger partial charge in [-0.1, -0.05) is 15.9 Å². The van der Waals surface area contributed by atoms with Gasteiger partial charge in [-0.3, -0.25) is 0 Å². The molecule has 0 aliphatic heterocycles. The van der Waals surface area contributed by atoms with Gasteiger partial charge in [-0.2, -0.15) is 0 Å². The highest BCUT2D eigenvalue weighted by Crippen LogP contribution is 2.24. The fraction of sp³-hybridized carbons (Fsp3) is 0.263. The van der Waals surface area contributed by atoms with E-state index in [4.69, 9.17) is 34.0 Å². The van der Waals surface area contributed by atoms with Crippen LogP contribution >= 0.6 is 15.9 Å². The minimum atomic E-state index is -1.82. The first-order chi connectivity index (χ1) is 13.3. The fourth-order valence-electron chi connectivity index (χ4n) is 2.20. The summed E-state index contributed by atoms with van der Waals surface area (Å²) in [7, 11) is 4.98. The molecule has 0 fully saturated rings. The monoisotopic (exact) mass is 455 g/mol. The third-order valence-corrected chi connectivity index (χ3v) is 3.97. The lowest BCUT2D eigenvalue weighted by molar-refractivity contribution is -0.159. The number of ether oxygens (including phenoxy) is 3. The van der Waals surface area contributed by atoms with E-state index >= 15 is 0 Å². The van der Waals surface area contributed by atoms with Crippen molar-refractivity contribution in [3.63, 3.8) is 0 Å². The normalized spacial score (nSPS) is 9.71. The molecular formula is C19H22BrNO7. The first-order valence-corrected chi connectivity index (χ1v) is 8.81. The molecule has 0 bridgehead atoms. The number of carbonyl (C=O) groups is 2. The van der Waals surface area contributed by atoms with Gasteiger partial charge in [-0.25, -0.2) is 9.59 Å². The van der Waals surface area contributed by atoms with Gasteiger partial charge >= 0.3 is 11.9 Å². The predicted molar refractivity (Wildman–Crippen MR) is 106 cm³/mol. The lowest BCUT2D eigenvalue weighted by atomic mass is 10.1. The summed E-state index contributed by atoms with van der Waals surface area (Å²) >= 11 is 3.48. The SMILES string of the molecule is COc1cc(CNCc2cc(Br)ccc2OC)cc(OC)c1.O=C(O)C(=O)O. The lowest BCUT2D eigenvalue weighted by Crippen LogP contribution is -2.13. The van der Waals surface area contributed by atoms with Gasteiger partial charge < -0.3 is 29.7 Å². The molecule has 0 unspecified atom stereocenters. The molecular weight excluding hydrogens is 434 g/mol. The van der Waals surface area contributed by atoms with Crippen LogP contribution in [-0.2, 0) is 22.7 Å². The molecule has 0 saturated heterocycles. The molecule has 2 rings (SSSR count). The van der Waals surface area contributed by atoms with Crippen molar-refractivity contribution >= 4 is 27.9 Å². The zero-order valence-electron chi connectivity index (χ0n) is 15.7. The Hall–Kier alpha value is -2.78. The molecule has 0 atom stereocenters. The van der Waals surface area contributed by atoms with E-state index in [9.17, 15) is 0 Å². The summed E-state index contributed by atoms with van der Waals surface area (Å²) in [4.78, 5) is 18.2. The number of methoxy groups -OCH3 is 3. The maximum absolute atomic E-state index is 9.10. The maximum Gasteiger partial charge on any atom is 0.414 e. The van der Waals surface area contributed by atoms with Crippen LogP contribution in [0, 0.1) is 0 Å². The second-order valence-electron chi connectivity index (χ2n) is 5.39. The van der Waals surface area contributed by atoms with Crippen LogP contribution in [0.4, 0.5) is 0 Å². The Kier molecular flexibility index (Phi) is 9.83. The molecule has 0 radical (unpaired) electrons. The highest BCUT2D eigenvalue weighted by Gasteiger charge is 2.05. The number of nitrogens with one attached hydrogen (secondary N) is 1. The largest absolute Gasteiger partial charge is 0.497 e. The molecule has 0 aliphatic carbocycles. The zero-order valence-corrected chi connectivity index (χ0v) is 17.3. The van der Waals surface area contributed by atoms with E-state index < -0.39 is 11.9 Å². The third kappa shape index (κ3) is 7.85. The molecule has 28 heavy (non-hydrogen) atoms. The van der Waals surface area contributed by atoms with Crippen LogP contribution in [0.25, 0.3) is 0 Å². The number of carboxylic acid groups (broad SMARTS) is 2. The smallest absolute Gasteiger partial charge is 0.414 e. The molecule has 8 nitrogen and oxygen atoms in total. The highest BCUT2D eigenvalue weighted by molar-refractivity contribution is 9.10. The molecule has 0 aromatic heterocycles. The molecule has 0 spiro atoms. The second kappa shape index (κ2) is 11.8. The molecule has 2 aromatic carbocycles. The zero-order chi connectivity index (χ0) is 21.1. The van der Waals surface area contributed by atoms with Crippen LogP contribution in [0.15, 0.2) is 40.9 Å². The number of rotatable bonds is 7. The number of benzene rings is 2. The van der Waals surface area contributed by atoms with Crippen LogP contribution in [0.1, 0.15) is 11.1 Å². The number of hydrogen-bond acceptors (Lipinski definition) is 6. The van der Waals surface area contributed by atoms with E-state index in [-0.39, 0.29) is 0 Å². The first-order valence-electron chi connectivity index (χ1n) is 8.02. The summed E-state index contributed by atoms with van der Waals surface area (Å²) in [6.45, 7) is 1.42. The number of aliphatic carboxylic acids is 2. The quantitative estimate of drug-likeness (QED) is 0.545. The van der Waals surface area contributed by atoms with Crippen molar-refractivity contribution in [2.75, 3.05) is 21.3 Å². The summed E-state index contributed by atoms with van der Waals surface area (Å²) < 4.78 is 17.0. The van der Waals surface area contributed by atoms with E-state index in [2.05, 4.69) is 27.3 Å². The van der Waals surface area contributed by atoms with Crippen molar-refractivity contribution in [3.05, 3.63) is 52.0 Å². The Morgan fingerprint density at radius 2 is 1.46 bits per heavy atom. The van der Waals surface area contributed by atoms with Crippen LogP contribution < -0.4 is 19.5 Å². The number of hydrogen-bond donors (Lipinski definition) is 3. The molecule has 0 aliphatic rings. The van der Waals surface area contributed by atoms with Gasteiger partial charge in [-0.15, -0.1) is 0 Å². The molecule has 152 valence electrons. The Morgan fingerprint density at radius 3 is 1.93 bits per heavy atom. The predicted octanol–water partition coefficient (Wildman–Crippen LogP) is 2.92. The van der Waals surface area contributed by atoms with Gasteiger partial charge in [0.05, 0.1) is 21.3 Å². The summed E-state index contributed by atoms with van der Waals surface area (Å²) in [5.41, 5.74) is 2.21. The van der Waals surface area contributed by atoms with Gasteiger partial charge in [0.1, 0.15) is 17.2 Å². The third-order valence-electron chi connectivity index (χ3n) is 3.48. The van der Waals surface area contributed by atoms with E-state index in [1.54, 1.807) is 21.3 Å². The van der Waals surface area contributed by atoms with Gasteiger partial charge in [0.2, 0.25) is 0 Å². The van der Waals surface area contributed by atoms with Crippen LogP contribution in [0.2, 0.25) is 0 Å². The van der Waals surface area contributed by atoms with Gasteiger partial charge in [-0.05, 0) is 35.9 Å². The first kappa shape index (κ1) is 23.3. The van der Waals surface area contributed by atoms with Gasteiger partial charge in [0, 0.05) is 29.2 Å². The summed E-state index contributed by atoms with van der Waals surface area (Å²) in [5.74, 6) is -1.20. The van der Waals surface area contributed by atoms with E-state index in [1.165, 1.54) is 0 Å². The number of halogens is 1. The Balaban J connectivity index is 0.000000568. The Labute approximate surface area is 171 Å². The lowest BCUT2D eigenvalue weighted by Gasteiger charge is -2.12. The average Bonchev–Trinajstić information content (AvgIpc) is 2.68. The van der Waals surface area contributed by atoms with E-state index in [0.717, 1.165) is 32.8 Å². The summed E-state index contributed by atoms with van der Waals surface area (Å²) in [6, 6.07) is 11.8. The second-order valence-corrected chi connectivity index (χ2v) is 6.31. The van der Waals surface area contributed by atoms with Crippen molar-refractivity contribution in [3.8, 4) is 17.2 Å². The Morgan fingerprint density at radius 1 is 0.893 bits per heavy atom. The molecule has 3 N–H and O–H groups in total. The molecule has 0 amide bonds. The average molecular weight is 456 g/mol. The number of carboxylic acids is 2. The molecule has 9 heteroatoms. The van der Waals surface area contributed by atoms with Crippen molar-refractivity contribution in [2.24, 2.45) is 0 Å². The molecule has 0 saturated carbocycles. The van der Waals surface area contributed by atoms with E-state index in [1.807, 2.05) is 30.3 Å². The topological polar surface area (TPSA) is 114 Å². The molecule has 0 heterocycles. The van der Waals surface area contributed by atoms with Crippen molar-refractivity contribution < 1.29 is 34.0 Å². The van der Waals surface area contributed by atoms with Gasteiger partial charge in [0.25, 0.3) is 0 Å². The van der Waals surface area contributed by atoms with Crippen LogP contribution in [0.3, 0.4) is 0 Å². The van der Waals surface area contributed by atoms with Crippen LogP contribution in [-0.4, -0.2) is 43.5 Å². The minimum absolute atomic E-state index is 0.710. The summed E-state index contributed by atoms with van der Waals surface area (Å²) in [5, 5.41) is 18.2. The Bertz CT molecular complexity index is 777. The van der Waals surface area contributed by atoms with Gasteiger partial charge in [0.15, 0.2) is 0 Å². The highest BCUT2D eigenvalue weighted by atomic mass is 79.9. The summed E-state index contributed by atoms with van der Waals surface area (Å²) in [6.07, 6.45) is 0. The standard InChI is InChI=1S/C17H20BrNO3.C2H2O4/c1-20-15-6-12(7-16(9-15)21-2)10-19-11-13-8-14(18)4-5-17(13)22-3;3-1(4)2(5)6/h4-9,19H,10-11H2,1-3H3;(H,3,4)(H,5,6). The van der Waals surface area contributed by atoms with Crippen LogP contribution in [0.5, 0.6) is 17.2 Å². The molecule has 2 aromatic rings. The maximum atomic E-state index is 9.10. The van der Waals surface area contributed by atoms with Crippen molar-refractivity contribution in [2.45, 2.75) is 13.1 Å². The van der Waals surface area contributed by atoms with Crippen molar-refractivity contribution in [1.82, 2.24) is 5.32 Å². The minimum Gasteiger partial charge on any atom is -0.497 e. The van der Waals surface area contributed by atoms with E-state index in [0.29, 0.717) is 13.1 Å². The fourth-order valence-corrected chi connectivity index (χ4v) is 2.60. The van der Waals surface area contributed by atoms with Crippen molar-refractivity contribution in [1.29, 1.82) is 0 Å².